The molecule has 98 valence electrons. The second kappa shape index (κ2) is 4.39. The predicted octanol–water partition coefficient (Wildman–Crippen LogP) is 1.94. The quantitative estimate of drug-likeness (QED) is 0.615. The maximum atomic E-state index is 5.58. The Morgan fingerprint density at radius 2 is 2.00 bits per heavy atom. The highest BCUT2D eigenvalue weighted by molar-refractivity contribution is 5.59. The molecule has 2 aliphatic carbocycles. The van der Waals surface area contributed by atoms with Gasteiger partial charge >= 0.3 is 0 Å². The van der Waals surface area contributed by atoms with Crippen molar-refractivity contribution in [1.82, 2.24) is 9.97 Å². The van der Waals surface area contributed by atoms with Crippen molar-refractivity contribution < 1.29 is 0 Å². The van der Waals surface area contributed by atoms with Gasteiger partial charge in [0.1, 0.15) is 17.5 Å². The van der Waals surface area contributed by atoms with Gasteiger partial charge in [0, 0.05) is 24.1 Å². The number of nitrogens with one attached hydrogen (secondary N) is 1. The maximum absolute atomic E-state index is 5.58. The van der Waals surface area contributed by atoms with E-state index in [9.17, 15) is 0 Å². The van der Waals surface area contributed by atoms with E-state index < -0.39 is 0 Å². The molecular weight excluding hydrogens is 226 g/mol. The van der Waals surface area contributed by atoms with E-state index in [0.29, 0.717) is 12.0 Å². The number of hydrogen-bond acceptors (Lipinski definition) is 5. The van der Waals surface area contributed by atoms with Crippen LogP contribution in [0.2, 0.25) is 0 Å². The Bertz CT molecular complexity index is 451. The second-order valence-electron chi connectivity index (χ2n) is 5.31. The number of anilines is 2. The lowest BCUT2D eigenvalue weighted by atomic mass is 10.2. The molecular formula is C13H21N5. The summed E-state index contributed by atoms with van der Waals surface area (Å²) in [6.45, 7) is 5.23. The van der Waals surface area contributed by atoms with Gasteiger partial charge in [-0.1, -0.05) is 0 Å². The van der Waals surface area contributed by atoms with Crippen molar-refractivity contribution in [2.75, 3.05) is 16.9 Å². The zero-order valence-corrected chi connectivity index (χ0v) is 11.1. The van der Waals surface area contributed by atoms with Crippen molar-refractivity contribution in [1.29, 1.82) is 0 Å². The number of aromatic nitrogens is 2. The molecule has 0 aliphatic heterocycles. The van der Waals surface area contributed by atoms with Gasteiger partial charge in [-0.25, -0.2) is 15.8 Å². The monoisotopic (exact) mass is 247 g/mol. The van der Waals surface area contributed by atoms with E-state index in [-0.39, 0.29) is 0 Å². The molecule has 0 atom stereocenters. The van der Waals surface area contributed by atoms with Crippen LogP contribution in [-0.2, 0) is 0 Å². The van der Waals surface area contributed by atoms with E-state index >= 15 is 0 Å². The molecule has 1 heterocycles. The molecule has 5 heteroatoms. The topological polar surface area (TPSA) is 67.1 Å². The van der Waals surface area contributed by atoms with Crippen LogP contribution in [0.25, 0.3) is 0 Å². The van der Waals surface area contributed by atoms with Crippen LogP contribution < -0.4 is 16.2 Å². The van der Waals surface area contributed by atoms with Gasteiger partial charge in [-0.15, -0.1) is 0 Å². The van der Waals surface area contributed by atoms with Crippen LogP contribution in [0.1, 0.15) is 49.9 Å². The first-order chi connectivity index (χ1) is 8.74. The Kier molecular flexibility index (Phi) is 2.86. The molecule has 1 aromatic heterocycles. The van der Waals surface area contributed by atoms with Crippen LogP contribution in [-0.4, -0.2) is 22.6 Å². The normalized spacial score (nSPS) is 18.8. The number of rotatable bonds is 5. The van der Waals surface area contributed by atoms with E-state index in [1.165, 1.54) is 25.7 Å². The number of hydrazine groups is 1. The fraction of sp³-hybridized carbons (Fsp3) is 0.692. The maximum Gasteiger partial charge on any atom is 0.148 e. The summed E-state index contributed by atoms with van der Waals surface area (Å²) in [6.07, 6.45) is 4.98. The summed E-state index contributed by atoms with van der Waals surface area (Å²) in [5.74, 6) is 8.95. The molecule has 3 N–H and O–H groups in total. The van der Waals surface area contributed by atoms with Crippen molar-refractivity contribution >= 4 is 11.6 Å². The summed E-state index contributed by atoms with van der Waals surface area (Å²) < 4.78 is 0. The van der Waals surface area contributed by atoms with E-state index in [1.807, 2.05) is 6.92 Å². The summed E-state index contributed by atoms with van der Waals surface area (Å²) in [7, 11) is 0. The van der Waals surface area contributed by atoms with Gasteiger partial charge in [-0.3, -0.25) is 0 Å². The number of nitrogens with two attached hydrogens (primary N) is 1. The van der Waals surface area contributed by atoms with Gasteiger partial charge in [0.15, 0.2) is 0 Å². The van der Waals surface area contributed by atoms with Crippen LogP contribution in [0, 0.1) is 6.92 Å². The molecule has 0 unspecified atom stereocenters. The summed E-state index contributed by atoms with van der Waals surface area (Å²) in [5, 5.41) is 0. The molecule has 5 nitrogen and oxygen atoms in total. The minimum atomic E-state index is 0.550. The fourth-order valence-electron chi connectivity index (χ4n) is 2.43. The molecule has 0 radical (unpaired) electrons. The Balaban J connectivity index is 2.01. The van der Waals surface area contributed by atoms with Gasteiger partial charge in [0.25, 0.3) is 0 Å². The molecule has 0 saturated heterocycles. The lowest BCUT2D eigenvalue weighted by Gasteiger charge is -2.24. The van der Waals surface area contributed by atoms with Crippen molar-refractivity contribution in [2.24, 2.45) is 5.84 Å². The third-order valence-electron chi connectivity index (χ3n) is 3.82. The summed E-state index contributed by atoms with van der Waals surface area (Å²) in [4.78, 5) is 11.7. The average molecular weight is 247 g/mol. The number of nitrogen functional groups attached to an aromatic ring is 1. The lowest BCUT2D eigenvalue weighted by Crippen LogP contribution is -2.28. The Hall–Kier alpha value is -1.36. The second-order valence-corrected chi connectivity index (χ2v) is 5.31. The molecule has 2 fully saturated rings. The first kappa shape index (κ1) is 11.7. The van der Waals surface area contributed by atoms with Gasteiger partial charge in [-0.2, -0.15) is 0 Å². The first-order valence-electron chi connectivity index (χ1n) is 6.86. The van der Waals surface area contributed by atoms with Crippen molar-refractivity contribution in [3.8, 4) is 0 Å². The predicted molar refractivity (Wildman–Crippen MR) is 72.6 cm³/mol. The minimum Gasteiger partial charge on any atom is -0.354 e. The van der Waals surface area contributed by atoms with Crippen LogP contribution >= 0.6 is 0 Å². The van der Waals surface area contributed by atoms with E-state index in [4.69, 9.17) is 10.8 Å². The van der Waals surface area contributed by atoms with Crippen LogP contribution in [0.5, 0.6) is 0 Å². The first-order valence-corrected chi connectivity index (χ1v) is 6.86. The van der Waals surface area contributed by atoms with Gasteiger partial charge in [0.05, 0.1) is 0 Å². The van der Waals surface area contributed by atoms with Crippen molar-refractivity contribution in [2.45, 2.75) is 51.5 Å². The van der Waals surface area contributed by atoms with Gasteiger partial charge < -0.3 is 10.3 Å². The lowest BCUT2D eigenvalue weighted by molar-refractivity contribution is 0.784. The molecule has 18 heavy (non-hydrogen) atoms. The van der Waals surface area contributed by atoms with Crippen LogP contribution in [0.15, 0.2) is 0 Å². The van der Waals surface area contributed by atoms with Gasteiger partial charge in [-0.05, 0) is 39.5 Å². The van der Waals surface area contributed by atoms with Crippen LogP contribution in [0.3, 0.4) is 0 Å². The smallest absolute Gasteiger partial charge is 0.148 e. The number of hydrogen-bond donors (Lipinski definition) is 2. The summed E-state index contributed by atoms with van der Waals surface area (Å²) in [6, 6.07) is 0.668. The number of nitrogens with zero attached hydrogens (tertiary/aromatic N) is 3. The highest BCUT2D eigenvalue weighted by Crippen LogP contribution is 2.41. The molecule has 2 aliphatic rings. The molecule has 0 spiro atoms. The SMILES string of the molecule is CCN(c1nc(C2CC2)nc(NN)c1C)C1CC1. The molecule has 0 amide bonds. The van der Waals surface area contributed by atoms with E-state index in [2.05, 4.69) is 22.2 Å². The third kappa shape index (κ3) is 2.03. The van der Waals surface area contributed by atoms with Crippen molar-refractivity contribution in [3.63, 3.8) is 0 Å². The summed E-state index contributed by atoms with van der Waals surface area (Å²) in [5.41, 5.74) is 3.78. The fourth-order valence-corrected chi connectivity index (χ4v) is 2.43. The Morgan fingerprint density at radius 3 is 2.50 bits per heavy atom. The molecule has 0 bridgehead atoms. The minimum absolute atomic E-state index is 0.550. The third-order valence-corrected chi connectivity index (χ3v) is 3.82. The highest BCUT2D eigenvalue weighted by atomic mass is 15.3. The van der Waals surface area contributed by atoms with Gasteiger partial charge in [0.2, 0.25) is 0 Å². The zero-order valence-electron chi connectivity index (χ0n) is 11.1. The largest absolute Gasteiger partial charge is 0.354 e. The summed E-state index contributed by atoms with van der Waals surface area (Å²) >= 11 is 0. The zero-order chi connectivity index (χ0) is 12.7. The van der Waals surface area contributed by atoms with Crippen molar-refractivity contribution in [3.05, 3.63) is 11.4 Å². The average Bonchev–Trinajstić information content (AvgIpc) is 3.24. The van der Waals surface area contributed by atoms with Crippen LogP contribution in [0.4, 0.5) is 11.6 Å². The molecule has 0 aromatic carbocycles. The van der Waals surface area contributed by atoms with E-state index in [0.717, 1.165) is 29.6 Å². The standard InChI is InChI=1S/C13H21N5/c1-3-18(10-6-7-10)13-8(2)11(17-14)15-12(16-13)9-4-5-9/h9-10H,3-7,14H2,1-2H3,(H,15,16,17). The molecule has 2 saturated carbocycles. The molecule has 1 aromatic rings. The van der Waals surface area contributed by atoms with E-state index in [1.54, 1.807) is 0 Å². The molecule has 3 rings (SSSR count). The Labute approximate surface area is 108 Å². The highest BCUT2D eigenvalue weighted by Gasteiger charge is 2.33. The Morgan fingerprint density at radius 1 is 1.28 bits per heavy atom.